The second kappa shape index (κ2) is 3.77. The Kier molecular flexibility index (Phi) is 3.55. The first-order chi connectivity index (χ1) is 3.31. The Bertz CT molecular complexity index is 55.7. The molecule has 1 atom stereocenters. The SMILES string of the molecule is CC(CC=O)NO. The van der Waals surface area contributed by atoms with Crippen molar-refractivity contribution in [1.82, 2.24) is 5.48 Å². The maximum absolute atomic E-state index is 9.62. The summed E-state index contributed by atoms with van der Waals surface area (Å²) in [6.07, 6.45) is 1.12. The number of carbonyl (C=O) groups is 1. The highest BCUT2D eigenvalue weighted by Crippen LogP contribution is 1.80. The third-order valence-corrected chi connectivity index (χ3v) is 0.670. The minimum absolute atomic E-state index is 0.113. The van der Waals surface area contributed by atoms with E-state index in [1.165, 1.54) is 0 Å². The molecule has 0 spiro atoms. The first-order valence-corrected chi connectivity index (χ1v) is 2.14. The molecule has 0 radical (unpaired) electrons. The van der Waals surface area contributed by atoms with Crippen molar-refractivity contribution in [2.45, 2.75) is 19.4 Å². The van der Waals surface area contributed by atoms with Crippen LogP contribution in [-0.4, -0.2) is 17.5 Å². The Balaban J connectivity index is 2.98. The fraction of sp³-hybridized carbons (Fsp3) is 0.750. The van der Waals surface area contributed by atoms with Gasteiger partial charge in [-0.05, 0) is 6.92 Å². The monoisotopic (exact) mass is 103 g/mol. The van der Waals surface area contributed by atoms with Crippen LogP contribution in [0.5, 0.6) is 0 Å². The molecule has 0 amide bonds. The van der Waals surface area contributed by atoms with Gasteiger partial charge in [0.05, 0.1) is 0 Å². The van der Waals surface area contributed by atoms with Gasteiger partial charge in [0.15, 0.2) is 0 Å². The van der Waals surface area contributed by atoms with E-state index in [9.17, 15) is 4.79 Å². The largest absolute Gasteiger partial charge is 0.317 e. The summed E-state index contributed by atoms with van der Waals surface area (Å²) in [5, 5.41) is 8.06. The van der Waals surface area contributed by atoms with E-state index in [1.807, 2.05) is 5.48 Å². The maximum atomic E-state index is 9.62. The minimum Gasteiger partial charge on any atom is -0.317 e. The first kappa shape index (κ1) is 6.59. The molecule has 2 N–H and O–H groups in total. The van der Waals surface area contributed by atoms with Gasteiger partial charge in [0, 0.05) is 12.5 Å². The van der Waals surface area contributed by atoms with Gasteiger partial charge in [-0.25, -0.2) is 5.48 Å². The number of hydrogen-bond donors (Lipinski definition) is 2. The van der Waals surface area contributed by atoms with E-state index in [4.69, 9.17) is 5.21 Å². The summed E-state index contributed by atoms with van der Waals surface area (Å²) in [5.41, 5.74) is 1.93. The molecule has 0 aliphatic carbocycles. The van der Waals surface area contributed by atoms with Crippen molar-refractivity contribution in [3.63, 3.8) is 0 Å². The van der Waals surface area contributed by atoms with Crippen molar-refractivity contribution < 1.29 is 10.0 Å². The molecule has 0 aliphatic rings. The third-order valence-electron chi connectivity index (χ3n) is 0.670. The Morgan fingerprint density at radius 3 is 2.71 bits per heavy atom. The van der Waals surface area contributed by atoms with Crippen molar-refractivity contribution >= 4 is 6.29 Å². The molecule has 0 heterocycles. The fourth-order valence-electron chi connectivity index (χ4n) is 0.197. The number of aldehydes is 1. The van der Waals surface area contributed by atoms with Crippen LogP contribution in [0.1, 0.15) is 13.3 Å². The van der Waals surface area contributed by atoms with Gasteiger partial charge in [-0.3, -0.25) is 0 Å². The normalized spacial score (nSPS) is 13.4. The predicted octanol–water partition coefficient (Wildman–Crippen LogP) is -0.0573. The zero-order valence-electron chi connectivity index (χ0n) is 4.22. The molecule has 0 aliphatic heterocycles. The van der Waals surface area contributed by atoms with Crippen LogP contribution < -0.4 is 5.48 Å². The highest BCUT2D eigenvalue weighted by molar-refractivity contribution is 5.50. The zero-order chi connectivity index (χ0) is 5.70. The quantitative estimate of drug-likeness (QED) is 0.388. The molecule has 3 nitrogen and oxygen atoms in total. The van der Waals surface area contributed by atoms with Crippen LogP contribution in [0.3, 0.4) is 0 Å². The number of hydrogen-bond acceptors (Lipinski definition) is 3. The molecule has 3 heteroatoms. The van der Waals surface area contributed by atoms with Crippen molar-refractivity contribution in [3.05, 3.63) is 0 Å². The van der Waals surface area contributed by atoms with Crippen LogP contribution in [0.2, 0.25) is 0 Å². The van der Waals surface area contributed by atoms with E-state index in [0.29, 0.717) is 6.42 Å². The highest BCUT2D eigenvalue weighted by Gasteiger charge is 1.93. The average molecular weight is 103 g/mol. The number of hydroxylamine groups is 1. The Labute approximate surface area is 42.3 Å². The number of rotatable bonds is 3. The van der Waals surface area contributed by atoms with Crippen molar-refractivity contribution in [2.75, 3.05) is 0 Å². The van der Waals surface area contributed by atoms with Gasteiger partial charge < -0.3 is 10.0 Å². The van der Waals surface area contributed by atoms with Crippen LogP contribution in [-0.2, 0) is 4.79 Å². The zero-order valence-corrected chi connectivity index (χ0v) is 4.22. The summed E-state index contributed by atoms with van der Waals surface area (Å²) in [5.74, 6) is 0. The van der Waals surface area contributed by atoms with Gasteiger partial charge >= 0.3 is 0 Å². The molecule has 0 bridgehead atoms. The molecule has 1 unspecified atom stereocenters. The lowest BCUT2D eigenvalue weighted by molar-refractivity contribution is -0.108. The molecular weight excluding hydrogens is 94.0 g/mol. The van der Waals surface area contributed by atoms with E-state index in [2.05, 4.69) is 0 Å². The van der Waals surface area contributed by atoms with E-state index >= 15 is 0 Å². The predicted molar refractivity (Wildman–Crippen MR) is 25.1 cm³/mol. The van der Waals surface area contributed by atoms with E-state index in [1.54, 1.807) is 6.92 Å². The van der Waals surface area contributed by atoms with Crippen molar-refractivity contribution in [3.8, 4) is 0 Å². The summed E-state index contributed by atoms with van der Waals surface area (Å²) in [7, 11) is 0. The highest BCUT2D eigenvalue weighted by atomic mass is 16.5. The van der Waals surface area contributed by atoms with Gasteiger partial charge in [0.2, 0.25) is 0 Å². The van der Waals surface area contributed by atoms with Crippen LogP contribution in [0.15, 0.2) is 0 Å². The molecular formula is C4H9NO2. The molecule has 0 saturated heterocycles. The Morgan fingerprint density at radius 1 is 2.00 bits per heavy atom. The van der Waals surface area contributed by atoms with Crippen LogP contribution in [0.25, 0.3) is 0 Å². The van der Waals surface area contributed by atoms with Crippen LogP contribution in [0.4, 0.5) is 0 Å². The summed E-state index contributed by atoms with van der Waals surface area (Å²) in [6, 6.07) is -0.113. The fourth-order valence-corrected chi connectivity index (χ4v) is 0.197. The van der Waals surface area contributed by atoms with Gasteiger partial charge in [0.1, 0.15) is 6.29 Å². The Morgan fingerprint density at radius 2 is 2.57 bits per heavy atom. The minimum atomic E-state index is -0.113. The average Bonchev–Trinajstić information content (AvgIpc) is 1.68. The maximum Gasteiger partial charge on any atom is 0.121 e. The van der Waals surface area contributed by atoms with Gasteiger partial charge in [-0.2, -0.15) is 0 Å². The standard InChI is InChI=1S/C4H9NO2/c1-4(5-7)2-3-6/h3-5,7H,2H2,1H3. The van der Waals surface area contributed by atoms with Gasteiger partial charge in [-0.1, -0.05) is 0 Å². The number of carbonyl (C=O) groups excluding carboxylic acids is 1. The molecule has 7 heavy (non-hydrogen) atoms. The smallest absolute Gasteiger partial charge is 0.121 e. The topological polar surface area (TPSA) is 49.3 Å². The second-order valence-corrected chi connectivity index (χ2v) is 1.43. The summed E-state index contributed by atoms with van der Waals surface area (Å²) >= 11 is 0. The van der Waals surface area contributed by atoms with E-state index in [0.717, 1.165) is 6.29 Å². The first-order valence-electron chi connectivity index (χ1n) is 2.14. The number of nitrogens with one attached hydrogen (secondary N) is 1. The second-order valence-electron chi connectivity index (χ2n) is 1.43. The molecule has 0 aromatic rings. The molecule has 0 aromatic carbocycles. The lowest BCUT2D eigenvalue weighted by Crippen LogP contribution is -2.21. The van der Waals surface area contributed by atoms with Gasteiger partial charge in [-0.15, -0.1) is 0 Å². The molecule has 0 saturated carbocycles. The molecule has 0 rings (SSSR count). The summed E-state index contributed by atoms with van der Waals surface area (Å²) in [4.78, 5) is 9.62. The van der Waals surface area contributed by atoms with E-state index in [-0.39, 0.29) is 6.04 Å². The molecule has 0 fully saturated rings. The third kappa shape index (κ3) is 3.42. The van der Waals surface area contributed by atoms with Gasteiger partial charge in [0.25, 0.3) is 0 Å². The Hall–Kier alpha value is -0.410. The summed E-state index contributed by atoms with van der Waals surface area (Å²) < 4.78 is 0. The van der Waals surface area contributed by atoms with Crippen molar-refractivity contribution in [2.24, 2.45) is 0 Å². The lowest BCUT2D eigenvalue weighted by Gasteiger charge is -1.99. The lowest BCUT2D eigenvalue weighted by atomic mass is 10.3. The van der Waals surface area contributed by atoms with E-state index < -0.39 is 0 Å². The van der Waals surface area contributed by atoms with Crippen LogP contribution in [0, 0.1) is 0 Å². The van der Waals surface area contributed by atoms with Crippen molar-refractivity contribution in [1.29, 1.82) is 0 Å². The summed E-state index contributed by atoms with van der Waals surface area (Å²) in [6.45, 7) is 1.72. The van der Waals surface area contributed by atoms with Crippen LogP contribution >= 0.6 is 0 Å². The molecule has 0 aromatic heterocycles. The molecule has 42 valence electrons.